The first-order valence-corrected chi connectivity index (χ1v) is 5.42. The summed E-state index contributed by atoms with van der Waals surface area (Å²) in [6.45, 7) is 4.26. The van der Waals surface area contributed by atoms with E-state index in [2.05, 4.69) is 10.1 Å². The number of hydrogen-bond acceptors (Lipinski definition) is 4. The lowest BCUT2D eigenvalue weighted by molar-refractivity contribution is 0.621. The van der Waals surface area contributed by atoms with Crippen molar-refractivity contribution < 1.29 is 0 Å². The number of nitrogens with zero attached hydrogens (tertiary/aromatic N) is 3. The molecule has 0 spiro atoms. The summed E-state index contributed by atoms with van der Waals surface area (Å²) in [5.74, 6) is 0. The predicted octanol–water partition coefficient (Wildman–Crippen LogP) is 1.22. The van der Waals surface area contributed by atoms with E-state index in [1.807, 2.05) is 26.0 Å². The predicted molar refractivity (Wildman–Crippen MR) is 66.6 cm³/mol. The molecule has 2 aromatic rings. The zero-order chi connectivity index (χ0) is 12.4. The summed E-state index contributed by atoms with van der Waals surface area (Å²) in [5, 5.41) is 4.24. The minimum Gasteiger partial charge on any atom is -0.394 e. The molecule has 0 aromatic carbocycles. The van der Waals surface area contributed by atoms with Gasteiger partial charge in [0.15, 0.2) is 0 Å². The van der Waals surface area contributed by atoms with Crippen LogP contribution in [0.1, 0.15) is 12.6 Å². The van der Waals surface area contributed by atoms with Gasteiger partial charge in [0.1, 0.15) is 5.69 Å². The first-order chi connectivity index (χ1) is 8.11. The van der Waals surface area contributed by atoms with Gasteiger partial charge in [-0.1, -0.05) is 0 Å². The van der Waals surface area contributed by atoms with Gasteiger partial charge in [-0.25, -0.2) is 4.68 Å². The van der Waals surface area contributed by atoms with Crippen LogP contribution in [0, 0.1) is 6.92 Å². The van der Waals surface area contributed by atoms with Crippen LogP contribution in [0.4, 0.5) is 5.69 Å². The molecule has 2 heterocycles. The monoisotopic (exact) mass is 230 g/mol. The third-order valence-electron chi connectivity index (χ3n) is 2.51. The van der Waals surface area contributed by atoms with Crippen LogP contribution in [0.3, 0.4) is 0 Å². The molecule has 0 saturated heterocycles. The van der Waals surface area contributed by atoms with Crippen molar-refractivity contribution in [2.24, 2.45) is 0 Å². The summed E-state index contributed by atoms with van der Waals surface area (Å²) in [6.07, 6.45) is 1.72. The average Bonchev–Trinajstić information content (AvgIpc) is 2.33. The number of hydrogen-bond donors (Lipinski definition) is 1. The van der Waals surface area contributed by atoms with Crippen molar-refractivity contribution in [2.45, 2.75) is 20.4 Å². The van der Waals surface area contributed by atoms with Crippen LogP contribution in [-0.4, -0.2) is 14.8 Å². The Morgan fingerprint density at radius 3 is 2.76 bits per heavy atom. The Bertz CT molecular complexity index is 586. The minimum absolute atomic E-state index is 0.206. The molecule has 0 amide bonds. The maximum atomic E-state index is 11.6. The largest absolute Gasteiger partial charge is 0.394 e. The van der Waals surface area contributed by atoms with Gasteiger partial charge in [-0.2, -0.15) is 5.10 Å². The van der Waals surface area contributed by atoms with Crippen molar-refractivity contribution in [3.8, 4) is 11.3 Å². The van der Waals surface area contributed by atoms with E-state index in [1.54, 1.807) is 12.3 Å². The fourth-order valence-electron chi connectivity index (χ4n) is 1.54. The third-order valence-corrected chi connectivity index (χ3v) is 2.51. The van der Waals surface area contributed by atoms with Crippen LogP contribution in [-0.2, 0) is 6.54 Å². The van der Waals surface area contributed by atoms with E-state index in [1.165, 1.54) is 4.68 Å². The molecule has 88 valence electrons. The summed E-state index contributed by atoms with van der Waals surface area (Å²) >= 11 is 0. The molecule has 2 rings (SSSR count). The molecular weight excluding hydrogens is 216 g/mol. The van der Waals surface area contributed by atoms with Gasteiger partial charge in [0.2, 0.25) is 0 Å². The van der Waals surface area contributed by atoms with E-state index in [-0.39, 0.29) is 11.2 Å². The van der Waals surface area contributed by atoms with Gasteiger partial charge in [-0.3, -0.25) is 9.78 Å². The Hall–Kier alpha value is -2.17. The van der Waals surface area contributed by atoms with Crippen molar-refractivity contribution in [1.29, 1.82) is 0 Å². The summed E-state index contributed by atoms with van der Waals surface area (Å²) in [7, 11) is 0. The van der Waals surface area contributed by atoms with E-state index in [4.69, 9.17) is 5.73 Å². The Labute approximate surface area is 98.9 Å². The number of pyridine rings is 1. The lowest BCUT2D eigenvalue weighted by Gasteiger charge is -2.06. The summed E-state index contributed by atoms with van der Waals surface area (Å²) in [5.41, 5.74) is 8.07. The lowest BCUT2D eigenvalue weighted by Crippen LogP contribution is -2.25. The van der Waals surface area contributed by atoms with E-state index >= 15 is 0 Å². The second-order valence-electron chi connectivity index (χ2n) is 3.79. The van der Waals surface area contributed by atoms with Crippen LogP contribution in [0.15, 0.2) is 29.2 Å². The molecule has 5 heteroatoms. The van der Waals surface area contributed by atoms with Crippen molar-refractivity contribution in [2.75, 3.05) is 5.73 Å². The van der Waals surface area contributed by atoms with Gasteiger partial charge in [-0.15, -0.1) is 0 Å². The molecule has 0 bridgehead atoms. The van der Waals surface area contributed by atoms with Crippen molar-refractivity contribution in [3.05, 3.63) is 40.4 Å². The highest BCUT2D eigenvalue weighted by atomic mass is 16.1. The maximum Gasteiger partial charge on any atom is 0.289 e. The van der Waals surface area contributed by atoms with Gasteiger partial charge in [-0.05, 0) is 32.0 Å². The van der Waals surface area contributed by atoms with Crippen LogP contribution in [0.2, 0.25) is 0 Å². The normalized spacial score (nSPS) is 10.5. The highest BCUT2D eigenvalue weighted by Gasteiger charge is 2.06. The smallest absolute Gasteiger partial charge is 0.289 e. The fourth-order valence-corrected chi connectivity index (χ4v) is 1.54. The summed E-state index contributed by atoms with van der Waals surface area (Å²) in [4.78, 5) is 15.8. The topological polar surface area (TPSA) is 73.8 Å². The Balaban J connectivity index is 2.56. The quantitative estimate of drug-likeness (QED) is 0.841. The molecule has 0 aliphatic heterocycles. The molecule has 0 atom stereocenters. The van der Waals surface area contributed by atoms with Gasteiger partial charge >= 0.3 is 0 Å². The number of aromatic nitrogens is 3. The molecule has 0 fully saturated rings. The van der Waals surface area contributed by atoms with E-state index in [0.717, 1.165) is 11.3 Å². The second kappa shape index (κ2) is 4.37. The third kappa shape index (κ3) is 2.18. The molecule has 2 aromatic heterocycles. The van der Waals surface area contributed by atoms with Crippen molar-refractivity contribution in [1.82, 2.24) is 14.8 Å². The number of aryl methyl sites for hydroxylation is 2. The first-order valence-electron chi connectivity index (χ1n) is 5.42. The number of nitrogen functional groups attached to an aromatic ring is 1. The second-order valence-corrected chi connectivity index (χ2v) is 3.79. The molecule has 0 aliphatic rings. The molecule has 17 heavy (non-hydrogen) atoms. The van der Waals surface area contributed by atoms with Gasteiger partial charge < -0.3 is 5.73 Å². The van der Waals surface area contributed by atoms with Gasteiger partial charge in [0.25, 0.3) is 5.56 Å². The molecule has 2 N–H and O–H groups in total. The molecule has 5 nitrogen and oxygen atoms in total. The van der Waals surface area contributed by atoms with E-state index in [0.29, 0.717) is 12.2 Å². The van der Waals surface area contributed by atoms with E-state index < -0.39 is 0 Å². The highest BCUT2D eigenvalue weighted by Crippen LogP contribution is 2.16. The number of rotatable bonds is 2. The SMILES string of the molecule is CCn1nc(-c2ccc(C)nc2)cc(N)c1=O. The van der Waals surface area contributed by atoms with Crippen molar-refractivity contribution in [3.63, 3.8) is 0 Å². The van der Waals surface area contributed by atoms with Crippen LogP contribution in [0.5, 0.6) is 0 Å². The first kappa shape index (κ1) is 11.3. The van der Waals surface area contributed by atoms with Crippen molar-refractivity contribution >= 4 is 5.69 Å². The molecule has 0 aliphatic carbocycles. The van der Waals surface area contributed by atoms with E-state index in [9.17, 15) is 4.79 Å². The molecule has 0 radical (unpaired) electrons. The Kier molecular flexibility index (Phi) is 2.91. The number of anilines is 1. The summed E-state index contributed by atoms with van der Waals surface area (Å²) in [6, 6.07) is 5.39. The minimum atomic E-state index is -0.253. The fraction of sp³-hybridized carbons (Fsp3) is 0.250. The Morgan fingerprint density at radius 2 is 2.18 bits per heavy atom. The van der Waals surface area contributed by atoms with Crippen LogP contribution < -0.4 is 11.3 Å². The van der Waals surface area contributed by atoms with Gasteiger partial charge in [0, 0.05) is 24.0 Å². The maximum absolute atomic E-state index is 11.6. The van der Waals surface area contributed by atoms with Crippen LogP contribution >= 0.6 is 0 Å². The highest BCUT2D eigenvalue weighted by molar-refractivity contribution is 5.61. The zero-order valence-electron chi connectivity index (χ0n) is 9.84. The molecule has 0 unspecified atom stereocenters. The summed E-state index contributed by atoms with van der Waals surface area (Å²) < 4.78 is 1.35. The Morgan fingerprint density at radius 1 is 1.41 bits per heavy atom. The average molecular weight is 230 g/mol. The zero-order valence-corrected chi connectivity index (χ0v) is 9.84. The standard InChI is InChI=1S/C12H14N4O/c1-3-16-12(17)10(13)6-11(15-16)9-5-4-8(2)14-7-9/h4-7H,3,13H2,1-2H3. The van der Waals surface area contributed by atoms with Gasteiger partial charge in [0.05, 0.1) is 5.69 Å². The molecule has 0 saturated carbocycles. The number of nitrogens with two attached hydrogens (primary N) is 1. The van der Waals surface area contributed by atoms with Crippen LogP contribution in [0.25, 0.3) is 11.3 Å². The molecular formula is C12H14N4O. The lowest BCUT2D eigenvalue weighted by atomic mass is 10.2.